The number of carbonyl (C=O) groups excluding carboxylic acids is 1. The van der Waals surface area contributed by atoms with Crippen LogP contribution in [-0.2, 0) is 4.79 Å². The normalized spacial score (nSPS) is 12.1. The minimum Gasteiger partial charge on any atom is -0.492 e. The first-order valence-electron chi connectivity index (χ1n) is 6.33. The Hall–Kier alpha value is -1.71. The van der Waals surface area contributed by atoms with E-state index in [1.807, 2.05) is 52.0 Å². The highest BCUT2D eigenvalue weighted by atomic mass is 16.5. The van der Waals surface area contributed by atoms with Crippen molar-refractivity contribution in [3.05, 3.63) is 24.3 Å². The van der Waals surface area contributed by atoms with Gasteiger partial charge in [0.05, 0.1) is 12.3 Å². The number of ether oxygens (including phenoxy) is 1. The number of amides is 1. The van der Waals surface area contributed by atoms with Crippen molar-refractivity contribution in [1.29, 1.82) is 0 Å². The third-order valence-electron chi connectivity index (χ3n) is 2.38. The Bertz CT molecular complexity index is 391. The van der Waals surface area contributed by atoms with Crippen molar-refractivity contribution in [2.45, 2.75) is 39.8 Å². The second-order valence-electron chi connectivity index (χ2n) is 4.46. The van der Waals surface area contributed by atoms with Gasteiger partial charge in [-0.3, -0.25) is 4.79 Å². The molecule has 0 aliphatic carbocycles. The maximum Gasteiger partial charge on any atom is 0.242 e. The number of carbonyl (C=O) groups is 1. The van der Waals surface area contributed by atoms with Gasteiger partial charge in [-0.1, -0.05) is 12.1 Å². The van der Waals surface area contributed by atoms with Crippen LogP contribution in [0.2, 0.25) is 0 Å². The summed E-state index contributed by atoms with van der Waals surface area (Å²) in [7, 11) is 0. The molecule has 0 spiro atoms. The Morgan fingerprint density at radius 1 is 1.28 bits per heavy atom. The zero-order valence-electron chi connectivity index (χ0n) is 11.5. The Balaban J connectivity index is 2.69. The van der Waals surface area contributed by atoms with Gasteiger partial charge in [-0.05, 0) is 39.8 Å². The molecule has 0 aromatic heterocycles. The van der Waals surface area contributed by atoms with Crippen molar-refractivity contribution in [2.24, 2.45) is 0 Å². The SMILES string of the molecule is CCOc1ccccc1NC(C)C(=O)NC(C)C. The lowest BCUT2D eigenvalue weighted by Gasteiger charge is -2.19. The summed E-state index contributed by atoms with van der Waals surface area (Å²) in [6.45, 7) is 8.26. The van der Waals surface area contributed by atoms with Crippen molar-refractivity contribution in [3.8, 4) is 5.75 Å². The van der Waals surface area contributed by atoms with Gasteiger partial charge in [-0.15, -0.1) is 0 Å². The Morgan fingerprint density at radius 3 is 2.56 bits per heavy atom. The van der Waals surface area contributed by atoms with Gasteiger partial charge in [0.1, 0.15) is 11.8 Å². The largest absolute Gasteiger partial charge is 0.492 e. The van der Waals surface area contributed by atoms with Gasteiger partial charge in [-0.25, -0.2) is 0 Å². The van der Waals surface area contributed by atoms with E-state index in [1.165, 1.54) is 0 Å². The predicted octanol–water partition coefficient (Wildman–Crippen LogP) is 2.41. The molecule has 1 aromatic carbocycles. The molecule has 1 rings (SSSR count). The minimum atomic E-state index is -0.297. The molecular formula is C14H22N2O2. The van der Waals surface area contributed by atoms with Crippen molar-refractivity contribution >= 4 is 11.6 Å². The summed E-state index contributed by atoms with van der Waals surface area (Å²) in [6, 6.07) is 7.47. The number of benzene rings is 1. The van der Waals surface area contributed by atoms with Crippen molar-refractivity contribution in [3.63, 3.8) is 0 Å². The Labute approximate surface area is 109 Å². The molecule has 1 aromatic rings. The van der Waals surface area contributed by atoms with Crippen molar-refractivity contribution in [2.75, 3.05) is 11.9 Å². The highest BCUT2D eigenvalue weighted by Gasteiger charge is 2.14. The fraction of sp³-hybridized carbons (Fsp3) is 0.500. The van der Waals surface area contributed by atoms with Crippen LogP contribution in [0.25, 0.3) is 0 Å². The lowest BCUT2D eigenvalue weighted by atomic mass is 10.2. The lowest BCUT2D eigenvalue weighted by molar-refractivity contribution is -0.122. The van der Waals surface area contributed by atoms with Gasteiger partial charge in [-0.2, -0.15) is 0 Å². The molecule has 4 nitrogen and oxygen atoms in total. The summed E-state index contributed by atoms with van der Waals surface area (Å²) in [4.78, 5) is 11.8. The summed E-state index contributed by atoms with van der Waals surface area (Å²) in [6.07, 6.45) is 0. The molecular weight excluding hydrogens is 228 g/mol. The molecule has 4 heteroatoms. The van der Waals surface area contributed by atoms with E-state index >= 15 is 0 Å². The average molecular weight is 250 g/mol. The number of nitrogens with one attached hydrogen (secondary N) is 2. The second kappa shape index (κ2) is 6.89. The van der Waals surface area contributed by atoms with Gasteiger partial charge in [0.15, 0.2) is 0 Å². The lowest BCUT2D eigenvalue weighted by Crippen LogP contribution is -2.41. The van der Waals surface area contributed by atoms with E-state index in [2.05, 4.69) is 10.6 Å². The van der Waals surface area contributed by atoms with E-state index in [9.17, 15) is 4.79 Å². The van der Waals surface area contributed by atoms with Crippen LogP contribution in [-0.4, -0.2) is 24.6 Å². The van der Waals surface area contributed by atoms with E-state index in [1.54, 1.807) is 0 Å². The maximum atomic E-state index is 11.8. The van der Waals surface area contributed by atoms with Gasteiger partial charge in [0.2, 0.25) is 5.91 Å². The number of para-hydroxylation sites is 2. The molecule has 100 valence electrons. The molecule has 0 radical (unpaired) electrons. The molecule has 0 heterocycles. The van der Waals surface area contributed by atoms with Crippen molar-refractivity contribution < 1.29 is 9.53 Å². The molecule has 0 fully saturated rings. The van der Waals surface area contributed by atoms with E-state index in [0.717, 1.165) is 11.4 Å². The monoisotopic (exact) mass is 250 g/mol. The summed E-state index contributed by atoms with van der Waals surface area (Å²) in [5.74, 6) is 0.750. The first-order valence-corrected chi connectivity index (χ1v) is 6.33. The van der Waals surface area contributed by atoms with Crippen LogP contribution in [0.5, 0.6) is 5.75 Å². The number of hydrogen-bond donors (Lipinski definition) is 2. The molecule has 2 N–H and O–H groups in total. The molecule has 0 bridgehead atoms. The predicted molar refractivity (Wildman–Crippen MR) is 74.0 cm³/mol. The molecule has 1 unspecified atom stereocenters. The van der Waals surface area contributed by atoms with Crippen molar-refractivity contribution in [1.82, 2.24) is 5.32 Å². The standard InChI is InChI=1S/C14H22N2O2/c1-5-18-13-9-7-6-8-12(13)16-11(4)14(17)15-10(2)3/h6-11,16H,5H2,1-4H3,(H,15,17). The van der Waals surface area contributed by atoms with Crippen LogP contribution in [0.4, 0.5) is 5.69 Å². The first-order chi connectivity index (χ1) is 8.54. The molecule has 0 aliphatic rings. The molecule has 0 saturated carbocycles. The van der Waals surface area contributed by atoms with Crippen LogP contribution in [0, 0.1) is 0 Å². The molecule has 0 saturated heterocycles. The summed E-state index contributed by atoms with van der Waals surface area (Å²) in [5.41, 5.74) is 0.839. The number of rotatable bonds is 6. The van der Waals surface area contributed by atoms with Crippen LogP contribution in [0.1, 0.15) is 27.7 Å². The van der Waals surface area contributed by atoms with E-state index < -0.39 is 0 Å². The smallest absolute Gasteiger partial charge is 0.242 e. The zero-order chi connectivity index (χ0) is 13.5. The number of anilines is 1. The molecule has 1 amide bonds. The molecule has 0 aliphatic heterocycles. The average Bonchev–Trinajstić information content (AvgIpc) is 2.31. The third kappa shape index (κ3) is 4.28. The van der Waals surface area contributed by atoms with Crippen LogP contribution in [0.15, 0.2) is 24.3 Å². The van der Waals surface area contributed by atoms with Gasteiger partial charge in [0.25, 0.3) is 0 Å². The van der Waals surface area contributed by atoms with Crippen LogP contribution in [0.3, 0.4) is 0 Å². The third-order valence-corrected chi connectivity index (χ3v) is 2.38. The van der Waals surface area contributed by atoms with Crippen LogP contribution < -0.4 is 15.4 Å². The summed E-state index contributed by atoms with van der Waals surface area (Å²) in [5, 5.41) is 6.04. The van der Waals surface area contributed by atoms with Gasteiger partial charge < -0.3 is 15.4 Å². The second-order valence-corrected chi connectivity index (χ2v) is 4.46. The van der Waals surface area contributed by atoms with E-state index in [-0.39, 0.29) is 18.0 Å². The summed E-state index contributed by atoms with van der Waals surface area (Å²) >= 11 is 0. The Morgan fingerprint density at radius 2 is 1.94 bits per heavy atom. The first kappa shape index (κ1) is 14.4. The van der Waals surface area contributed by atoms with Crippen LogP contribution >= 0.6 is 0 Å². The highest BCUT2D eigenvalue weighted by molar-refractivity contribution is 5.84. The minimum absolute atomic E-state index is 0.0173. The van der Waals surface area contributed by atoms with E-state index in [0.29, 0.717) is 6.61 Å². The fourth-order valence-electron chi connectivity index (χ4n) is 1.58. The maximum absolute atomic E-state index is 11.8. The van der Waals surface area contributed by atoms with Gasteiger partial charge in [0, 0.05) is 6.04 Å². The zero-order valence-corrected chi connectivity index (χ0v) is 11.5. The van der Waals surface area contributed by atoms with Gasteiger partial charge >= 0.3 is 0 Å². The quantitative estimate of drug-likeness (QED) is 0.815. The highest BCUT2D eigenvalue weighted by Crippen LogP contribution is 2.24. The van der Waals surface area contributed by atoms with E-state index in [4.69, 9.17) is 4.74 Å². The number of hydrogen-bond acceptors (Lipinski definition) is 3. The molecule has 1 atom stereocenters. The topological polar surface area (TPSA) is 50.4 Å². The fourth-order valence-corrected chi connectivity index (χ4v) is 1.58. The molecule has 18 heavy (non-hydrogen) atoms. The Kier molecular flexibility index (Phi) is 5.49. The summed E-state index contributed by atoms with van der Waals surface area (Å²) < 4.78 is 5.50.